The van der Waals surface area contributed by atoms with Gasteiger partial charge < -0.3 is 10.6 Å². The molecule has 0 unspecified atom stereocenters. The predicted octanol–water partition coefficient (Wildman–Crippen LogP) is 5.00. The topological polar surface area (TPSA) is 93.4 Å². The first-order valence-electron chi connectivity index (χ1n) is 12.5. The predicted molar refractivity (Wildman–Crippen MR) is 143 cm³/mol. The number of anilines is 1. The Kier molecular flexibility index (Phi) is 7.27. The molecule has 1 aromatic heterocycles. The summed E-state index contributed by atoms with van der Waals surface area (Å²) in [7, 11) is 0. The number of carbonyl (C=O) groups excluding carboxylic acids is 3. The van der Waals surface area contributed by atoms with Crippen LogP contribution in [0.15, 0.2) is 85.1 Å². The lowest BCUT2D eigenvalue weighted by Crippen LogP contribution is -2.33. The molecule has 2 N–H and O–H groups in total. The highest BCUT2D eigenvalue weighted by Crippen LogP contribution is 2.34. The van der Waals surface area contributed by atoms with Crippen LogP contribution >= 0.6 is 0 Å². The molecule has 0 radical (unpaired) electrons. The lowest BCUT2D eigenvalue weighted by molar-refractivity contribution is -0.122. The molecule has 1 aliphatic rings. The maximum atomic E-state index is 14.2. The van der Waals surface area contributed by atoms with Crippen molar-refractivity contribution in [2.75, 3.05) is 11.4 Å². The van der Waals surface area contributed by atoms with E-state index in [0.717, 1.165) is 17.3 Å². The summed E-state index contributed by atoms with van der Waals surface area (Å²) in [4.78, 5) is 43.9. The van der Waals surface area contributed by atoms with Crippen LogP contribution in [0.25, 0.3) is 11.1 Å². The van der Waals surface area contributed by atoms with Crippen molar-refractivity contribution in [1.29, 1.82) is 0 Å². The van der Waals surface area contributed by atoms with Crippen molar-refractivity contribution in [3.8, 4) is 11.1 Å². The third-order valence-corrected chi connectivity index (χ3v) is 6.87. The monoisotopic (exact) mass is 525 g/mol. The van der Waals surface area contributed by atoms with Crippen molar-refractivity contribution in [3.63, 3.8) is 0 Å². The van der Waals surface area contributed by atoms with Crippen molar-refractivity contribution in [3.05, 3.63) is 119 Å². The van der Waals surface area contributed by atoms with Gasteiger partial charge in [0.1, 0.15) is 11.6 Å². The fraction of sp³-hybridized carbons (Fsp3) is 0.161. The number of ketones is 1. The Morgan fingerprint density at radius 1 is 0.974 bits per heavy atom. The van der Waals surface area contributed by atoms with Gasteiger partial charge in [0.2, 0.25) is 5.91 Å². The number of fused-ring (bicyclic) bond motifs is 1. The first kappa shape index (κ1) is 25.9. The standard InChI is InChI=1S/C31H25F2N3O3/c32-23-7-3-5-19(14-23)13-22(15-24(37)18-36-28-9-2-1-6-21(28)17-29(36)38)30-25(8-4-12-35-30)20-10-11-27(33)26(16-20)31(34)39/h1-12,14,16,22H,13,15,17-18H2,(H2,34,39)/t22-/m1/s1. The van der Waals surface area contributed by atoms with E-state index >= 15 is 0 Å². The van der Waals surface area contributed by atoms with Crippen LogP contribution in [0.4, 0.5) is 14.5 Å². The van der Waals surface area contributed by atoms with Crippen molar-refractivity contribution in [2.45, 2.75) is 25.2 Å². The summed E-state index contributed by atoms with van der Waals surface area (Å²) in [5, 5.41) is 0. The molecule has 1 atom stereocenters. The van der Waals surface area contributed by atoms with Gasteiger partial charge in [0.15, 0.2) is 5.78 Å². The average molecular weight is 526 g/mol. The molecule has 4 aromatic rings. The normalized spacial score (nSPS) is 13.3. The van der Waals surface area contributed by atoms with Gasteiger partial charge in [-0.05, 0) is 59.5 Å². The Morgan fingerprint density at radius 3 is 2.59 bits per heavy atom. The van der Waals surface area contributed by atoms with Crippen LogP contribution in [0.3, 0.4) is 0 Å². The zero-order chi connectivity index (χ0) is 27.5. The van der Waals surface area contributed by atoms with Crippen LogP contribution in [0.1, 0.15) is 39.5 Å². The van der Waals surface area contributed by atoms with Crippen LogP contribution in [-0.2, 0) is 22.4 Å². The van der Waals surface area contributed by atoms with Gasteiger partial charge in [-0.1, -0.05) is 42.5 Å². The first-order chi connectivity index (χ1) is 18.8. The molecule has 39 heavy (non-hydrogen) atoms. The SMILES string of the molecule is NC(=O)c1cc(-c2cccnc2[C@@H](CC(=O)CN2C(=O)Cc3ccccc32)Cc2cccc(F)c2)ccc1F. The summed E-state index contributed by atoms with van der Waals surface area (Å²) < 4.78 is 28.2. The number of hydrogen-bond donors (Lipinski definition) is 1. The summed E-state index contributed by atoms with van der Waals surface area (Å²) in [5.74, 6) is -2.86. The smallest absolute Gasteiger partial charge is 0.251 e. The largest absolute Gasteiger partial charge is 0.366 e. The molecule has 0 aliphatic carbocycles. The second-order valence-corrected chi connectivity index (χ2v) is 9.55. The Labute approximate surface area is 224 Å². The molecule has 0 saturated heterocycles. The van der Waals surface area contributed by atoms with E-state index in [4.69, 9.17) is 5.73 Å². The summed E-state index contributed by atoms with van der Waals surface area (Å²) >= 11 is 0. The fourth-order valence-corrected chi connectivity index (χ4v) is 5.09. The van der Waals surface area contributed by atoms with Crippen molar-refractivity contribution in [1.82, 2.24) is 4.98 Å². The van der Waals surface area contributed by atoms with Crippen LogP contribution in [0, 0.1) is 11.6 Å². The number of halogens is 2. The Morgan fingerprint density at radius 2 is 1.79 bits per heavy atom. The highest BCUT2D eigenvalue weighted by atomic mass is 19.1. The molecule has 0 fully saturated rings. The van der Waals surface area contributed by atoms with E-state index < -0.39 is 23.5 Å². The third kappa shape index (κ3) is 5.60. The minimum Gasteiger partial charge on any atom is -0.366 e. The minimum atomic E-state index is -0.901. The number of nitrogens with two attached hydrogens (primary N) is 1. The molecule has 5 rings (SSSR count). The number of Topliss-reactive ketones (excluding diaryl/α,β-unsaturated/α-hetero) is 1. The molecule has 196 valence electrons. The second kappa shape index (κ2) is 10.9. The third-order valence-electron chi connectivity index (χ3n) is 6.87. The molecule has 2 amide bonds. The summed E-state index contributed by atoms with van der Waals surface area (Å²) in [6, 6.07) is 21.0. The molecule has 6 nitrogen and oxygen atoms in total. The van der Waals surface area contributed by atoms with Crippen LogP contribution in [0.2, 0.25) is 0 Å². The summed E-state index contributed by atoms with van der Waals surface area (Å²) in [5.41, 5.74) is 9.00. The van der Waals surface area contributed by atoms with E-state index in [1.807, 2.05) is 24.3 Å². The van der Waals surface area contributed by atoms with Crippen LogP contribution < -0.4 is 10.6 Å². The molecule has 0 spiro atoms. The number of carbonyl (C=O) groups is 3. The number of para-hydroxylation sites is 1. The lowest BCUT2D eigenvalue weighted by atomic mass is 9.86. The highest BCUT2D eigenvalue weighted by Gasteiger charge is 2.30. The van der Waals surface area contributed by atoms with Crippen LogP contribution in [0.5, 0.6) is 0 Å². The zero-order valence-electron chi connectivity index (χ0n) is 20.9. The van der Waals surface area contributed by atoms with Gasteiger partial charge >= 0.3 is 0 Å². The number of benzene rings is 3. The average Bonchev–Trinajstić information content (AvgIpc) is 3.23. The van der Waals surface area contributed by atoms with Crippen molar-refractivity contribution < 1.29 is 23.2 Å². The van der Waals surface area contributed by atoms with Gasteiger partial charge in [0.05, 0.1) is 24.2 Å². The van der Waals surface area contributed by atoms with Crippen molar-refractivity contribution in [2.24, 2.45) is 5.73 Å². The van der Waals surface area contributed by atoms with Crippen LogP contribution in [-0.4, -0.2) is 29.1 Å². The van der Waals surface area contributed by atoms with Crippen molar-refractivity contribution >= 4 is 23.3 Å². The molecular weight excluding hydrogens is 500 g/mol. The second-order valence-electron chi connectivity index (χ2n) is 9.55. The number of rotatable bonds is 9. The van der Waals surface area contributed by atoms with Gasteiger partial charge in [-0.3, -0.25) is 19.4 Å². The number of aromatic nitrogens is 1. The maximum Gasteiger partial charge on any atom is 0.251 e. The molecule has 0 saturated carbocycles. The zero-order valence-corrected chi connectivity index (χ0v) is 20.9. The first-order valence-corrected chi connectivity index (χ1v) is 12.5. The Hall–Kier alpha value is -4.72. The number of pyridine rings is 1. The summed E-state index contributed by atoms with van der Waals surface area (Å²) in [6.07, 6.45) is 2.15. The summed E-state index contributed by atoms with van der Waals surface area (Å²) in [6.45, 7) is -0.0972. The van der Waals surface area contributed by atoms with E-state index in [1.165, 1.54) is 29.2 Å². The quantitative estimate of drug-likeness (QED) is 0.333. The number of nitrogens with zero attached hydrogens (tertiary/aromatic N) is 2. The van der Waals surface area contributed by atoms with E-state index in [1.54, 1.807) is 30.5 Å². The molecule has 2 heterocycles. The molecule has 8 heteroatoms. The van der Waals surface area contributed by atoms with Gasteiger partial charge in [0, 0.05) is 29.8 Å². The molecular formula is C31H25F2N3O3. The number of amides is 2. The Bertz CT molecular complexity index is 1590. The minimum absolute atomic E-state index is 0.0242. The van der Waals surface area contributed by atoms with E-state index in [9.17, 15) is 23.2 Å². The Balaban J connectivity index is 1.49. The number of hydrogen-bond acceptors (Lipinski definition) is 4. The maximum absolute atomic E-state index is 14.2. The highest BCUT2D eigenvalue weighted by molar-refractivity contribution is 6.05. The van der Waals surface area contributed by atoms with E-state index in [0.29, 0.717) is 28.8 Å². The van der Waals surface area contributed by atoms with E-state index in [2.05, 4.69) is 4.98 Å². The van der Waals surface area contributed by atoms with Gasteiger partial charge in [-0.15, -0.1) is 0 Å². The molecule has 1 aliphatic heterocycles. The number of primary amides is 1. The lowest BCUT2D eigenvalue weighted by Gasteiger charge is -2.22. The molecule has 3 aromatic carbocycles. The molecule has 0 bridgehead atoms. The van der Waals surface area contributed by atoms with Gasteiger partial charge in [-0.2, -0.15) is 0 Å². The van der Waals surface area contributed by atoms with Gasteiger partial charge in [-0.25, -0.2) is 8.78 Å². The van der Waals surface area contributed by atoms with E-state index in [-0.39, 0.29) is 36.6 Å². The van der Waals surface area contributed by atoms with Gasteiger partial charge in [0.25, 0.3) is 5.91 Å². The fourth-order valence-electron chi connectivity index (χ4n) is 5.09.